The van der Waals surface area contributed by atoms with Crippen molar-refractivity contribution in [2.24, 2.45) is 4.99 Å². The maximum absolute atomic E-state index is 13.9. The molecule has 3 N–H and O–H groups in total. The van der Waals surface area contributed by atoms with Gasteiger partial charge in [-0.2, -0.15) is 0 Å². The first-order valence-electron chi connectivity index (χ1n) is 16.6. The summed E-state index contributed by atoms with van der Waals surface area (Å²) in [4.78, 5) is 37.9. The Labute approximate surface area is 297 Å². The highest BCUT2D eigenvalue weighted by Gasteiger charge is 2.38. The summed E-state index contributed by atoms with van der Waals surface area (Å²) in [6.45, 7) is 10.1. The summed E-state index contributed by atoms with van der Waals surface area (Å²) in [5.74, 6) is 0.665. The summed E-state index contributed by atoms with van der Waals surface area (Å²) in [5.41, 5.74) is 4.42. The number of aryl methyl sites for hydroxylation is 1. The van der Waals surface area contributed by atoms with Gasteiger partial charge in [0.05, 0.1) is 30.6 Å². The van der Waals surface area contributed by atoms with Gasteiger partial charge in [-0.1, -0.05) is 49.2 Å². The largest absolute Gasteiger partial charge is 0.513 e. The Morgan fingerprint density at radius 3 is 2.39 bits per heavy atom. The van der Waals surface area contributed by atoms with Crippen LogP contribution < -0.4 is 15.0 Å². The number of carbonyl (C=O) groups is 2. The zero-order valence-electron chi connectivity index (χ0n) is 28.7. The fourth-order valence-electron chi connectivity index (χ4n) is 6.19. The fourth-order valence-corrected chi connectivity index (χ4v) is 7.56. The summed E-state index contributed by atoms with van der Waals surface area (Å²) in [5, 5.41) is 24.8. The molecule has 11 nitrogen and oxygen atoms in total. The Balaban J connectivity index is 1.29. The number of amides is 1. The van der Waals surface area contributed by atoms with Gasteiger partial charge in [0.1, 0.15) is 23.1 Å². The molecule has 0 radical (unpaired) electrons. The van der Waals surface area contributed by atoms with Gasteiger partial charge in [0, 0.05) is 47.2 Å². The lowest BCUT2D eigenvalue weighted by molar-refractivity contribution is -0.135. The van der Waals surface area contributed by atoms with Crippen molar-refractivity contribution in [1.82, 2.24) is 15.1 Å². The zero-order valence-corrected chi connectivity index (χ0v) is 30.2. The van der Waals surface area contributed by atoms with E-state index in [1.165, 1.54) is 0 Å². The molecule has 1 amide bonds. The monoisotopic (exact) mass is 708 g/mol. The van der Waals surface area contributed by atoms with Crippen LogP contribution in [0, 0.1) is 19.3 Å². The third-order valence-corrected chi connectivity index (χ3v) is 10.5. The van der Waals surface area contributed by atoms with Crippen LogP contribution in [0.2, 0.25) is 5.02 Å². The van der Waals surface area contributed by atoms with Crippen molar-refractivity contribution in [1.29, 1.82) is 5.41 Å². The van der Waals surface area contributed by atoms with Crippen molar-refractivity contribution in [2.75, 3.05) is 44.7 Å². The molecule has 0 spiro atoms. The maximum Gasteiger partial charge on any atom is 0.513 e. The van der Waals surface area contributed by atoms with Gasteiger partial charge in [-0.05, 0) is 69.6 Å². The number of anilines is 1. The smallest absolute Gasteiger partial charge is 0.434 e. The molecule has 49 heavy (non-hydrogen) atoms. The molecule has 2 aliphatic heterocycles. The first-order chi connectivity index (χ1) is 23.5. The number of nitrogens with zero attached hydrogens (tertiary/aromatic N) is 4. The zero-order chi connectivity index (χ0) is 35.2. The molecule has 3 atom stereocenters. The number of amidine groups is 1. The third kappa shape index (κ3) is 8.33. The lowest BCUT2D eigenvalue weighted by Crippen LogP contribution is -2.55. The average Bonchev–Trinajstić information content (AvgIpc) is 3.30. The lowest BCUT2D eigenvalue weighted by Gasteiger charge is -2.38. The van der Waals surface area contributed by atoms with Crippen LogP contribution in [0.4, 0.5) is 9.80 Å². The van der Waals surface area contributed by atoms with Crippen molar-refractivity contribution in [3.8, 4) is 5.75 Å². The summed E-state index contributed by atoms with van der Waals surface area (Å²) < 4.78 is 10.3. The van der Waals surface area contributed by atoms with Crippen LogP contribution in [0.15, 0.2) is 53.5 Å². The second-order valence-electron chi connectivity index (χ2n) is 12.3. The lowest BCUT2D eigenvalue weighted by atomic mass is 9.99. The van der Waals surface area contributed by atoms with E-state index in [1.807, 2.05) is 52.9 Å². The maximum atomic E-state index is 13.9. The molecule has 2 unspecified atom stereocenters. The molecule has 0 bridgehead atoms. The quantitative estimate of drug-likeness (QED) is 0.0755. The number of aliphatic hydroxyl groups is 1. The first-order valence-corrected chi connectivity index (χ1v) is 17.8. The van der Waals surface area contributed by atoms with E-state index in [0.717, 1.165) is 45.1 Å². The number of thiophene rings is 1. The Morgan fingerprint density at radius 1 is 1.10 bits per heavy atom. The predicted molar refractivity (Wildman–Crippen MR) is 194 cm³/mol. The molecule has 0 saturated carbocycles. The highest BCUT2D eigenvalue weighted by molar-refractivity contribution is 7.17. The number of halogens is 1. The van der Waals surface area contributed by atoms with Crippen molar-refractivity contribution in [3.63, 3.8) is 0 Å². The van der Waals surface area contributed by atoms with Crippen LogP contribution in [0.5, 0.6) is 5.75 Å². The SMILES string of the molecule is CCCCOC(=O)Oc1ccc(C(O)N2CCN(C(=O)C[C@@H]3N=C(c4ccc(Cl)cc4)c4c(sc(C)c4C)N(C(C)=N)C3NC)CC2)cc1. The number of carbonyl (C=O) groups excluding carboxylic acids is 2. The van der Waals surface area contributed by atoms with E-state index in [4.69, 9.17) is 31.5 Å². The second kappa shape index (κ2) is 16.3. The van der Waals surface area contributed by atoms with E-state index < -0.39 is 24.6 Å². The molecule has 2 aromatic carbocycles. The fraction of sp³-hybridized carbons (Fsp3) is 0.444. The molecule has 1 saturated heterocycles. The highest BCUT2D eigenvalue weighted by atomic mass is 35.5. The van der Waals surface area contributed by atoms with E-state index in [2.05, 4.69) is 19.2 Å². The summed E-state index contributed by atoms with van der Waals surface area (Å²) >= 11 is 7.87. The molecular weight excluding hydrogens is 664 g/mol. The van der Waals surface area contributed by atoms with Gasteiger partial charge < -0.3 is 24.4 Å². The summed E-state index contributed by atoms with van der Waals surface area (Å²) in [6.07, 6.45) is -0.213. The standard InChI is InChI=1S/C36H45ClN6O5S/c1-6-7-20-47-36(46)48-28-14-10-26(11-15-28)34(45)42-18-16-41(17-19-42)30(44)21-29-33(39-5)43(24(4)38)35-31(22(2)23(3)49-35)32(40-29)25-8-12-27(37)13-9-25/h8-15,29,33-34,38-39,45H,6-7,16-21H2,1-5H3/t29-,33?,34?/m0/s1. The number of fused-ring (bicyclic) bond motifs is 1. The molecule has 1 fully saturated rings. The number of hydrogen-bond acceptors (Lipinski definition) is 10. The molecule has 3 heterocycles. The van der Waals surface area contributed by atoms with Crippen LogP contribution in [-0.2, 0) is 9.53 Å². The average molecular weight is 709 g/mol. The van der Waals surface area contributed by atoms with Crippen molar-refractivity contribution in [2.45, 2.75) is 65.4 Å². The molecule has 0 aliphatic carbocycles. The number of aliphatic hydroxyl groups excluding tert-OH is 1. The third-order valence-electron chi connectivity index (χ3n) is 9.03. The van der Waals surface area contributed by atoms with E-state index >= 15 is 0 Å². The van der Waals surface area contributed by atoms with Crippen molar-refractivity contribution < 1.29 is 24.2 Å². The van der Waals surface area contributed by atoms with Gasteiger partial charge in [-0.25, -0.2) is 4.79 Å². The van der Waals surface area contributed by atoms with Crippen LogP contribution >= 0.6 is 22.9 Å². The minimum absolute atomic E-state index is 0.0355. The summed E-state index contributed by atoms with van der Waals surface area (Å²) in [7, 11) is 1.84. The van der Waals surface area contributed by atoms with E-state index in [9.17, 15) is 14.7 Å². The number of aliphatic imine (C=N–C) groups is 1. The second-order valence-corrected chi connectivity index (χ2v) is 14.0. The van der Waals surface area contributed by atoms with Gasteiger partial charge >= 0.3 is 6.16 Å². The minimum atomic E-state index is -0.875. The minimum Gasteiger partial charge on any atom is -0.434 e. The van der Waals surface area contributed by atoms with E-state index in [1.54, 1.807) is 42.5 Å². The number of unbranched alkanes of at least 4 members (excludes halogenated alkanes) is 1. The Hall–Kier alpha value is -3.81. The molecule has 13 heteroatoms. The normalized spacial score (nSPS) is 18.7. The number of piperazine rings is 1. The van der Waals surface area contributed by atoms with Crippen molar-refractivity contribution in [3.05, 3.63) is 80.7 Å². The Morgan fingerprint density at radius 2 is 1.78 bits per heavy atom. The van der Waals surface area contributed by atoms with Gasteiger partial charge in [0.25, 0.3) is 0 Å². The number of rotatable bonds is 10. The van der Waals surface area contributed by atoms with Crippen LogP contribution in [0.3, 0.4) is 0 Å². The Bertz CT molecular complexity index is 1670. The van der Waals surface area contributed by atoms with Gasteiger partial charge in [-0.3, -0.25) is 25.4 Å². The molecule has 3 aromatic rings. The van der Waals surface area contributed by atoms with Gasteiger partial charge in [0.2, 0.25) is 5.91 Å². The molecule has 262 valence electrons. The highest BCUT2D eigenvalue weighted by Crippen LogP contribution is 2.41. The number of nitrogens with one attached hydrogen (secondary N) is 2. The van der Waals surface area contributed by atoms with E-state index in [-0.39, 0.29) is 12.3 Å². The van der Waals surface area contributed by atoms with Crippen LogP contribution in [0.1, 0.15) is 66.5 Å². The van der Waals surface area contributed by atoms with Gasteiger partial charge in [0.15, 0.2) is 0 Å². The topological polar surface area (TPSA) is 131 Å². The number of benzene rings is 2. The van der Waals surface area contributed by atoms with Crippen molar-refractivity contribution >= 4 is 51.5 Å². The Kier molecular flexibility index (Phi) is 12.1. The number of hydrogen-bond donors (Lipinski definition) is 3. The summed E-state index contributed by atoms with van der Waals surface area (Å²) in [6, 6.07) is 13.8. The number of likely N-dealkylation sites (N-methyl/N-ethyl adjacent to an activating group) is 1. The molecule has 2 aliphatic rings. The van der Waals surface area contributed by atoms with E-state index in [0.29, 0.717) is 55.0 Å². The molecule has 1 aromatic heterocycles. The predicted octanol–water partition coefficient (Wildman–Crippen LogP) is 6.13. The molecular formula is C36H45ClN6O5S. The van der Waals surface area contributed by atoms with Crippen LogP contribution in [0.25, 0.3) is 0 Å². The molecule has 5 rings (SSSR count). The number of ether oxygens (including phenoxy) is 2. The van der Waals surface area contributed by atoms with Crippen LogP contribution in [-0.4, -0.2) is 90.6 Å². The first kappa shape index (κ1) is 36.5. The van der Waals surface area contributed by atoms with Gasteiger partial charge in [-0.15, -0.1) is 11.3 Å².